The lowest BCUT2D eigenvalue weighted by molar-refractivity contribution is 0.0484. The average molecular weight is 687 g/mol. The van der Waals surface area contributed by atoms with Gasteiger partial charge < -0.3 is 29.7 Å². The van der Waals surface area contributed by atoms with Crippen LogP contribution >= 0.6 is 0 Å². The van der Waals surface area contributed by atoms with Gasteiger partial charge in [-0.25, -0.2) is 13.6 Å². The van der Waals surface area contributed by atoms with E-state index in [0.717, 1.165) is 58.2 Å². The van der Waals surface area contributed by atoms with Crippen molar-refractivity contribution in [3.63, 3.8) is 0 Å². The van der Waals surface area contributed by atoms with Crippen molar-refractivity contribution in [2.24, 2.45) is 0 Å². The van der Waals surface area contributed by atoms with E-state index in [4.69, 9.17) is 19.4 Å². The zero-order valence-electron chi connectivity index (χ0n) is 28.8. The van der Waals surface area contributed by atoms with Gasteiger partial charge in [-0.3, -0.25) is 4.90 Å². The number of phenolic OH excluding ortho intramolecular Hbond substituents is 1. The second-order valence-corrected chi connectivity index (χ2v) is 14.6. The van der Waals surface area contributed by atoms with Crippen LogP contribution in [0.3, 0.4) is 0 Å². The molecule has 10 nitrogen and oxygen atoms in total. The number of rotatable bonds is 8. The van der Waals surface area contributed by atoms with Gasteiger partial charge in [-0.2, -0.15) is 9.97 Å². The van der Waals surface area contributed by atoms with Crippen LogP contribution < -0.4 is 15.0 Å². The molecule has 12 heteroatoms. The van der Waals surface area contributed by atoms with Crippen molar-refractivity contribution in [1.82, 2.24) is 25.1 Å². The van der Waals surface area contributed by atoms with Crippen molar-refractivity contribution in [3.05, 3.63) is 53.6 Å². The smallest absolute Gasteiger partial charge is 0.409 e. The Morgan fingerprint density at radius 1 is 1.06 bits per heavy atom. The lowest BCUT2D eigenvalue weighted by Crippen LogP contribution is -2.51. The SMILES string of the molecule is CCc1c(F)ccc2cc(O)cc(-c3ccc4c(N5CC6CCC(C5)N6)nc(OC[C@]56CCCN5[C@@H](COC(=O)N(C)C)CC6)nc4c3F)c12. The molecule has 5 heterocycles. The van der Waals surface area contributed by atoms with Gasteiger partial charge in [-0.05, 0) is 97.7 Å². The number of carbonyl (C=O) groups is 1. The van der Waals surface area contributed by atoms with E-state index in [-0.39, 0.29) is 46.3 Å². The van der Waals surface area contributed by atoms with Gasteiger partial charge in [-0.15, -0.1) is 0 Å². The number of aromatic nitrogens is 2. The van der Waals surface area contributed by atoms with Gasteiger partial charge in [0, 0.05) is 56.3 Å². The predicted molar refractivity (Wildman–Crippen MR) is 188 cm³/mol. The monoisotopic (exact) mass is 686 g/mol. The normalized spacial score (nSPS) is 24.7. The Bertz CT molecular complexity index is 1960. The van der Waals surface area contributed by atoms with Gasteiger partial charge in [0.15, 0.2) is 5.82 Å². The quantitative estimate of drug-likeness (QED) is 0.231. The molecule has 50 heavy (non-hydrogen) atoms. The van der Waals surface area contributed by atoms with E-state index < -0.39 is 5.82 Å². The van der Waals surface area contributed by atoms with Gasteiger partial charge in [0.2, 0.25) is 0 Å². The summed E-state index contributed by atoms with van der Waals surface area (Å²) in [5.74, 6) is -0.338. The molecule has 8 rings (SSSR count). The third-order valence-electron chi connectivity index (χ3n) is 11.3. The first kappa shape index (κ1) is 32.9. The summed E-state index contributed by atoms with van der Waals surface area (Å²) in [6, 6.07) is 10.5. The fraction of sp³-hybridized carbons (Fsp3) is 0.500. The molecule has 4 aromatic rings. The Morgan fingerprint density at radius 3 is 2.62 bits per heavy atom. The summed E-state index contributed by atoms with van der Waals surface area (Å²) < 4.78 is 44.2. The highest BCUT2D eigenvalue weighted by atomic mass is 19.1. The van der Waals surface area contributed by atoms with E-state index in [0.29, 0.717) is 64.8 Å². The van der Waals surface area contributed by atoms with Crippen LogP contribution in [0.2, 0.25) is 0 Å². The number of amides is 1. The fourth-order valence-corrected chi connectivity index (χ4v) is 8.95. The molecule has 2 bridgehead atoms. The van der Waals surface area contributed by atoms with Crippen LogP contribution in [0.5, 0.6) is 11.8 Å². The molecule has 4 atom stereocenters. The molecule has 0 aliphatic carbocycles. The number of anilines is 1. The third-order valence-corrected chi connectivity index (χ3v) is 11.3. The fourth-order valence-electron chi connectivity index (χ4n) is 8.95. The maximum Gasteiger partial charge on any atom is 0.409 e. The summed E-state index contributed by atoms with van der Waals surface area (Å²) in [5.41, 5.74) is 0.975. The average Bonchev–Trinajstić information content (AvgIpc) is 3.78. The second kappa shape index (κ2) is 12.8. The first-order valence-corrected chi connectivity index (χ1v) is 17.8. The summed E-state index contributed by atoms with van der Waals surface area (Å²) in [6.45, 7) is 4.89. The molecule has 4 fully saturated rings. The number of nitrogens with one attached hydrogen (secondary N) is 1. The minimum atomic E-state index is -0.573. The van der Waals surface area contributed by atoms with Gasteiger partial charge >= 0.3 is 12.1 Å². The number of carbonyl (C=O) groups excluding carboxylic acids is 1. The molecule has 264 valence electrons. The van der Waals surface area contributed by atoms with Crippen LogP contribution in [-0.4, -0.2) is 102 Å². The lowest BCUT2D eigenvalue weighted by Gasteiger charge is -2.35. The number of phenols is 1. The Morgan fingerprint density at radius 2 is 1.86 bits per heavy atom. The number of benzene rings is 3. The number of hydrogen-bond acceptors (Lipinski definition) is 9. The number of piperazine rings is 1. The number of halogens is 2. The van der Waals surface area contributed by atoms with Gasteiger partial charge in [-0.1, -0.05) is 19.1 Å². The van der Waals surface area contributed by atoms with E-state index in [1.807, 2.05) is 13.0 Å². The number of ether oxygens (including phenoxy) is 2. The van der Waals surface area contributed by atoms with E-state index >= 15 is 8.78 Å². The highest BCUT2D eigenvalue weighted by Gasteiger charge is 2.50. The first-order chi connectivity index (χ1) is 24.1. The Labute approximate surface area is 290 Å². The van der Waals surface area contributed by atoms with Gasteiger partial charge in [0.05, 0.1) is 5.54 Å². The molecule has 2 unspecified atom stereocenters. The minimum Gasteiger partial charge on any atom is -0.508 e. The summed E-state index contributed by atoms with van der Waals surface area (Å²) in [5, 5.41) is 16.1. The number of fused-ring (bicyclic) bond motifs is 5. The topological polar surface area (TPSA) is 103 Å². The van der Waals surface area contributed by atoms with Crippen LogP contribution in [0, 0.1) is 11.6 Å². The van der Waals surface area contributed by atoms with E-state index in [9.17, 15) is 9.90 Å². The second-order valence-electron chi connectivity index (χ2n) is 14.6. The number of hydrogen-bond donors (Lipinski definition) is 2. The number of aryl methyl sites for hydroxylation is 1. The largest absolute Gasteiger partial charge is 0.508 e. The predicted octanol–water partition coefficient (Wildman–Crippen LogP) is 6.01. The maximum absolute atomic E-state index is 17.1. The molecule has 0 saturated carbocycles. The Balaban J connectivity index is 1.18. The maximum atomic E-state index is 17.1. The van der Waals surface area contributed by atoms with E-state index in [1.54, 1.807) is 32.3 Å². The van der Waals surface area contributed by atoms with Crippen LogP contribution in [0.15, 0.2) is 36.4 Å². The molecular weight excluding hydrogens is 642 g/mol. The third kappa shape index (κ3) is 5.66. The van der Waals surface area contributed by atoms with Crippen molar-refractivity contribution in [2.45, 2.75) is 75.5 Å². The first-order valence-electron chi connectivity index (χ1n) is 17.8. The molecule has 0 radical (unpaired) electrons. The molecule has 1 amide bonds. The van der Waals surface area contributed by atoms with Crippen LogP contribution in [0.4, 0.5) is 19.4 Å². The van der Waals surface area contributed by atoms with Gasteiger partial charge in [0.25, 0.3) is 0 Å². The highest BCUT2D eigenvalue weighted by molar-refractivity contribution is 6.03. The van der Waals surface area contributed by atoms with E-state index in [2.05, 4.69) is 15.1 Å². The van der Waals surface area contributed by atoms with Crippen LogP contribution in [-0.2, 0) is 11.2 Å². The van der Waals surface area contributed by atoms with Crippen molar-refractivity contribution in [2.75, 3.05) is 51.8 Å². The van der Waals surface area contributed by atoms with Crippen molar-refractivity contribution < 1.29 is 28.2 Å². The summed E-state index contributed by atoms with van der Waals surface area (Å²) in [6.07, 6.45) is 5.92. The molecule has 4 aliphatic heterocycles. The molecule has 3 aromatic carbocycles. The zero-order chi connectivity index (χ0) is 34.7. The molecular formula is C38H44F2N6O4. The number of nitrogens with zero attached hydrogens (tertiary/aromatic N) is 5. The molecule has 0 spiro atoms. The Hall–Kier alpha value is -4.29. The molecule has 1 aromatic heterocycles. The Kier molecular flexibility index (Phi) is 8.42. The standard InChI is InChI=1S/C38H44F2N6O4/c1-4-27-31(39)11-6-22-16-26(47)17-30(32(22)27)28-9-10-29-34(33(28)40)42-36(43-35(29)45-18-23-7-8-24(19-45)41-23)50-21-38-13-5-15-46(38)25(12-14-38)20-49-37(48)44(2)3/h6,9-11,16-17,23-25,41,47H,4-5,7-8,12-15,18-21H2,1-3H3/t23?,24?,25-,38-/m1/s1. The summed E-state index contributed by atoms with van der Waals surface area (Å²) in [4.78, 5) is 27.9. The van der Waals surface area contributed by atoms with Crippen molar-refractivity contribution in [1.29, 1.82) is 0 Å². The van der Waals surface area contributed by atoms with Crippen molar-refractivity contribution in [3.8, 4) is 22.9 Å². The molecule has 4 saturated heterocycles. The van der Waals surface area contributed by atoms with Crippen LogP contribution in [0.25, 0.3) is 32.8 Å². The lowest BCUT2D eigenvalue weighted by atomic mass is 9.92. The van der Waals surface area contributed by atoms with E-state index in [1.165, 1.54) is 17.0 Å². The molecule has 2 N–H and O–H groups in total. The zero-order valence-corrected chi connectivity index (χ0v) is 28.8. The highest BCUT2D eigenvalue weighted by Crippen LogP contribution is 2.44. The number of aromatic hydroxyl groups is 1. The minimum absolute atomic E-state index is 0.0314. The van der Waals surface area contributed by atoms with Crippen LogP contribution in [0.1, 0.15) is 51.0 Å². The van der Waals surface area contributed by atoms with Gasteiger partial charge in [0.1, 0.15) is 36.1 Å². The molecule has 4 aliphatic rings. The summed E-state index contributed by atoms with van der Waals surface area (Å²) >= 11 is 0. The van der Waals surface area contributed by atoms with Crippen molar-refractivity contribution >= 4 is 33.6 Å². The summed E-state index contributed by atoms with van der Waals surface area (Å²) in [7, 11) is 3.35.